The molecule has 0 atom stereocenters. The molecule has 1 aromatic heterocycles. The minimum Gasteiger partial charge on any atom is -0.383 e. The van der Waals surface area contributed by atoms with E-state index in [1.807, 2.05) is 12.1 Å². The predicted molar refractivity (Wildman–Crippen MR) is 107 cm³/mol. The van der Waals surface area contributed by atoms with E-state index in [1.165, 1.54) is 24.3 Å². The lowest BCUT2D eigenvalue weighted by Crippen LogP contribution is -2.06. The van der Waals surface area contributed by atoms with Gasteiger partial charge in [0.1, 0.15) is 23.5 Å². The summed E-state index contributed by atoms with van der Waals surface area (Å²) in [4.78, 5) is 4.09. The van der Waals surface area contributed by atoms with Gasteiger partial charge < -0.3 is 5.73 Å². The van der Waals surface area contributed by atoms with Gasteiger partial charge in [-0.2, -0.15) is 23.7 Å². The number of benzene rings is 2. The quantitative estimate of drug-likeness (QED) is 0.650. The summed E-state index contributed by atoms with van der Waals surface area (Å²) in [5, 5.41) is 19.3. The first-order valence-electron chi connectivity index (χ1n) is 8.59. The Morgan fingerprint density at radius 3 is 2.10 bits per heavy atom. The van der Waals surface area contributed by atoms with Crippen LogP contribution in [-0.2, 0) is 16.0 Å². The molecule has 0 radical (unpaired) electrons. The molecule has 156 valence electrons. The molecule has 0 aliphatic rings. The lowest BCUT2D eigenvalue weighted by molar-refractivity contribution is -0.137. The van der Waals surface area contributed by atoms with E-state index in [0.717, 1.165) is 30.5 Å². The summed E-state index contributed by atoms with van der Waals surface area (Å²) in [6, 6.07) is 13.3. The number of nitrogen functional groups attached to an aromatic ring is 1. The molecular formula is C21H13F3N4O2S. The Kier molecular flexibility index (Phi) is 5.45. The van der Waals surface area contributed by atoms with Crippen molar-refractivity contribution < 1.29 is 21.6 Å². The van der Waals surface area contributed by atoms with E-state index in [9.17, 15) is 32.1 Å². The van der Waals surface area contributed by atoms with Crippen molar-refractivity contribution in [1.29, 1.82) is 10.5 Å². The first-order valence-corrected chi connectivity index (χ1v) is 10.5. The van der Waals surface area contributed by atoms with Crippen LogP contribution in [0, 0.1) is 22.7 Å². The second-order valence-electron chi connectivity index (χ2n) is 6.57. The Morgan fingerprint density at radius 1 is 0.968 bits per heavy atom. The maximum absolute atomic E-state index is 12.9. The van der Waals surface area contributed by atoms with Crippen LogP contribution in [0.4, 0.5) is 19.0 Å². The molecule has 31 heavy (non-hydrogen) atoms. The molecule has 0 saturated heterocycles. The van der Waals surface area contributed by atoms with Crippen LogP contribution in [-0.4, -0.2) is 19.7 Å². The molecule has 0 aliphatic heterocycles. The third-order valence-electron chi connectivity index (χ3n) is 4.49. The molecule has 0 fully saturated rings. The first kappa shape index (κ1) is 21.8. The average Bonchev–Trinajstić information content (AvgIpc) is 2.72. The lowest BCUT2D eigenvalue weighted by atomic mass is 9.92. The zero-order valence-electron chi connectivity index (χ0n) is 15.9. The molecule has 1 heterocycles. The first-order chi connectivity index (χ1) is 14.5. The second-order valence-corrected chi connectivity index (χ2v) is 8.59. The number of rotatable bonds is 3. The van der Waals surface area contributed by atoms with Crippen molar-refractivity contribution in [2.45, 2.75) is 11.1 Å². The zero-order chi connectivity index (χ0) is 23.0. The Bertz CT molecular complexity index is 1370. The smallest absolute Gasteiger partial charge is 0.383 e. The van der Waals surface area contributed by atoms with E-state index in [1.54, 1.807) is 0 Å². The minimum atomic E-state index is -4.55. The fraction of sp³-hybridized carbons (Fsp3) is 0.0952. The third kappa shape index (κ3) is 4.20. The average molecular weight is 442 g/mol. The van der Waals surface area contributed by atoms with Crippen LogP contribution in [0.15, 0.2) is 53.4 Å². The largest absolute Gasteiger partial charge is 0.416 e. The van der Waals surface area contributed by atoms with Gasteiger partial charge in [-0.3, -0.25) is 0 Å². The van der Waals surface area contributed by atoms with Crippen molar-refractivity contribution in [3.63, 3.8) is 0 Å². The van der Waals surface area contributed by atoms with Crippen molar-refractivity contribution in [3.8, 4) is 34.5 Å². The summed E-state index contributed by atoms with van der Waals surface area (Å²) in [6.07, 6.45) is -3.53. The van der Waals surface area contributed by atoms with Gasteiger partial charge in [0.05, 0.1) is 21.7 Å². The number of pyridine rings is 1. The zero-order valence-corrected chi connectivity index (χ0v) is 16.7. The number of nitrogens with two attached hydrogens (primary N) is 1. The summed E-state index contributed by atoms with van der Waals surface area (Å²) in [5.41, 5.74) is 5.19. The van der Waals surface area contributed by atoms with Crippen LogP contribution in [0.1, 0.15) is 16.7 Å². The lowest BCUT2D eigenvalue weighted by Gasteiger charge is -2.15. The highest BCUT2D eigenvalue weighted by Gasteiger charge is 2.30. The number of aromatic nitrogens is 1. The number of hydrogen-bond acceptors (Lipinski definition) is 6. The van der Waals surface area contributed by atoms with E-state index in [4.69, 9.17) is 5.73 Å². The third-order valence-corrected chi connectivity index (χ3v) is 5.60. The number of anilines is 1. The number of hydrogen-bond donors (Lipinski definition) is 1. The van der Waals surface area contributed by atoms with E-state index >= 15 is 0 Å². The van der Waals surface area contributed by atoms with Crippen LogP contribution >= 0.6 is 0 Å². The van der Waals surface area contributed by atoms with E-state index < -0.39 is 21.6 Å². The monoisotopic (exact) mass is 442 g/mol. The maximum atomic E-state index is 12.9. The molecule has 10 heteroatoms. The molecule has 0 amide bonds. The summed E-state index contributed by atoms with van der Waals surface area (Å²) in [6.45, 7) is 0. The van der Waals surface area contributed by atoms with Gasteiger partial charge in [0.15, 0.2) is 9.84 Å². The Hall–Kier alpha value is -3.89. The standard InChI is InChI=1S/C21H13F3N4O2S/c1-31(29,30)15-4-2-3-13(9-15)19-16(10-25)18(17(11-26)20(27)28-19)12-5-7-14(8-6-12)21(22,23)24/h2-9H,1H3,(H2,27,28). The number of nitrogens with zero attached hydrogens (tertiary/aromatic N) is 3. The van der Waals surface area contributed by atoms with Crippen molar-refractivity contribution in [1.82, 2.24) is 4.98 Å². The van der Waals surface area contributed by atoms with Gasteiger partial charge in [-0.15, -0.1) is 0 Å². The summed E-state index contributed by atoms with van der Waals surface area (Å²) in [5.74, 6) is -0.240. The van der Waals surface area contributed by atoms with Gasteiger partial charge in [0, 0.05) is 17.4 Å². The summed E-state index contributed by atoms with van der Waals surface area (Å²) in [7, 11) is -3.56. The number of sulfone groups is 1. The van der Waals surface area contributed by atoms with Crippen LogP contribution in [0.5, 0.6) is 0 Å². The second kappa shape index (κ2) is 7.74. The van der Waals surface area contributed by atoms with Crippen LogP contribution in [0.25, 0.3) is 22.4 Å². The predicted octanol–water partition coefficient (Wildman–Crippen LogP) is 4.16. The Balaban J connectivity index is 2.33. The molecule has 0 unspecified atom stereocenters. The highest BCUT2D eigenvalue weighted by Crippen LogP contribution is 2.38. The van der Waals surface area contributed by atoms with E-state index in [2.05, 4.69) is 4.98 Å². The van der Waals surface area contributed by atoms with Gasteiger partial charge in [-0.05, 0) is 29.8 Å². The number of halogens is 3. The van der Waals surface area contributed by atoms with Gasteiger partial charge in [0.2, 0.25) is 0 Å². The highest BCUT2D eigenvalue weighted by atomic mass is 32.2. The van der Waals surface area contributed by atoms with E-state index in [-0.39, 0.29) is 44.2 Å². The van der Waals surface area contributed by atoms with Crippen LogP contribution in [0.3, 0.4) is 0 Å². The van der Waals surface area contributed by atoms with Gasteiger partial charge >= 0.3 is 6.18 Å². The highest BCUT2D eigenvalue weighted by molar-refractivity contribution is 7.90. The van der Waals surface area contributed by atoms with Crippen molar-refractivity contribution in [3.05, 3.63) is 65.2 Å². The molecule has 0 aliphatic carbocycles. The molecule has 0 spiro atoms. The summed E-state index contributed by atoms with van der Waals surface area (Å²) >= 11 is 0. The topological polar surface area (TPSA) is 121 Å². The number of alkyl halides is 3. The van der Waals surface area contributed by atoms with Crippen molar-refractivity contribution in [2.75, 3.05) is 12.0 Å². The van der Waals surface area contributed by atoms with Crippen molar-refractivity contribution >= 4 is 15.7 Å². The number of nitriles is 2. The summed E-state index contributed by atoms with van der Waals surface area (Å²) < 4.78 is 62.5. The van der Waals surface area contributed by atoms with Gasteiger partial charge in [0.25, 0.3) is 0 Å². The fourth-order valence-corrected chi connectivity index (χ4v) is 3.69. The van der Waals surface area contributed by atoms with Crippen LogP contribution in [0.2, 0.25) is 0 Å². The minimum absolute atomic E-state index is 0.0133. The molecular weight excluding hydrogens is 429 g/mol. The molecule has 3 rings (SSSR count). The molecule has 0 saturated carbocycles. The Morgan fingerprint density at radius 2 is 1.58 bits per heavy atom. The van der Waals surface area contributed by atoms with Gasteiger partial charge in [-0.1, -0.05) is 24.3 Å². The van der Waals surface area contributed by atoms with Crippen LogP contribution < -0.4 is 5.73 Å². The molecule has 0 bridgehead atoms. The normalized spacial score (nSPS) is 11.5. The SMILES string of the molecule is CS(=O)(=O)c1cccc(-c2nc(N)c(C#N)c(-c3ccc(C(F)(F)F)cc3)c2C#N)c1. The van der Waals surface area contributed by atoms with Crippen molar-refractivity contribution in [2.24, 2.45) is 0 Å². The molecule has 6 nitrogen and oxygen atoms in total. The molecule has 2 N–H and O–H groups in total. The maximum Gasteiger partial charge on any atom is 0.416 e. The van der Waals surface area contributed by atoms with Gasteiger partial charge in [-0.25, -0.2) is 13.4 Å². The molecule has 3 aromatic rings. The molecule has 2 aromatic carbocycles. The fourth-order valence-electron chi connectivity index (χ4n) is 3.02. The van der Waals surface area contributed by atoms with E-state index in [0.29, 0.717) is 0 Å². The Labute approximate surface area is 175 Å².